The van der Waals surface area contributed by atoms with Crippen molar-refractivity contribution in [2.24, 2.45) is 0 Å². The van der Waals surface area contributed by atoms with Crippen molar-refractivity contribution in [1.29, 1.82) is 0 Å². The molecule has 4 rings (SSSR count). The number of Topliss-reactive ketones (excluding diaryl/α,β-unsaturated/α-hetero) is 1. The quantitative estimate of drug-likeness (QED) is 0.419. The van der Waals surface area contributed by atoms with E-state index in [2.05, 4.69) is 20.8 Å². The van der Waals surface area contributed by atoms with Gasteiger partial charge in [0.05, 0.1) is 23.8 Å². The van der Waals surface area contributed by atoms with Gasteiger partial charge >= 0.3 is 0 Å². The second-order valence-corrected chi connectivity index (χ2v) is 9.82. The maximum absolute atomic E-state index is 13.1. The van der Waals surface area contributed by atoms with Crippen LogP contribution in [0.4, 0.5) is 5.69 Å². The van der Waals surface area contributed by atoms with Gasteiger partial charge in [-0.2, -0.15) is 0 Å². The third-order valence-electron chi connectivity index (χ3n) is 6.42. The SMILES string of the molecule is CCCN1C(=O)C(=O)/C(=C(\O)c2ccc3c(c2)N(C)CCO3)C1c1ccc(C(C)(C)C)cc1. The van der Waals surface area contributed by atoms with Gasteiger partial charge < -0.3 is 19.6 Å². The van der Waals surface area contributed by atoms with Crippen molar-refractivity contribution < 1.29 is 19.4 Å². The van der Waals surface area contributed by atoms with Crippen LogP contribution >= 0.6 is 0 Å². The van der Waals surface area contributed by atoms with Crippen LogP contribution in [0.2, 0.25) is 0 Å². The fourth-order valence-electron chi connectivity index (χ4n) is 4.52. The molecule has 2 aromatic rings. The number of aliphatic hydroxyl groups is 1. The zero-order valence-corrected chi connectivity index (χ0v) is 20.0. The predicted octanol–water partition coefficient (Wildman–Crippen LogP) is 4.64. The van der Waals surface area contributed by atoms with E-state index in [1.807, 2.05) is 49.2 Å². The lowest BCUT2D eigenvalue weighted by Gasteiger charge is -2.28. The van der Waals surface area contributed by atoms with Crippen LogP contribution in [0.3, 0.4) is 0 Å². The molecular formula is C27H32N2O4. The Kier molecular flexibility index (Phi) is 5.95. The molecule has 0 radical (unpaired) electrons. The van der Waals surface area contributed by atoms with Crippen molar-refractivity contribution in [3.8, 4) is 5.75 Å². The molecule has 1 fully saturated rings. The van der Waals surface area contributed by atoms with Crippen LogP contribution in [0.25, 0.3) is 5.76 Å². The number of nitrogens with zero attached hydrogens (tertiary/aromatic N) is 2. The number of aliphatic hydroxyl groups excluding tert-OH is 1. The Morgan fingerprint density at radius 2 is 1.82 bits per heavy atom. The van der Waals surface area contributed by atoms with Crippen molar-refractivity contribution in [2.45, 2.75) is 45.6 Å². The van der Waals surface area contributed by atoms with Crippen LogP contribution in [0.15, 0.2) is 48.0 Å². The molecule has 2 aliphatic heterocycles. The highest BCUT2D eigenvalue weighted by Gasteiger charge is 2.45. The molecule has 174 valence electrons. The molecule has 1 atom stereocenters. The maximum atomic E-state index is 13.1. The number of fused-ring (bicyclic) bond motifs is 1. The van der Waals surface area contributed by atoms with Crippen molar-refractivity contribution in [3.63, 3.8) is 0 Å². The fourth-order valence-corrected chi connectivity index (χ4v) is 4.52. The first-order chi connectivity index (χ1) is 15.6. The van der Waals surface area contributed by atoms with Crippen LogP contribution in [0.5, 0.6) is 5.75 Å². The van der Waals surface area contributed by atoms with Crippen LogP contribution in [0, 0.1) is 0 Å². The highest BCUT2D eigenvalue weighted by Crippen LogP contribution is 2.41. The minimum atomic E-state index is -0.645. The first kappa shape index (κ1) is 22.9. The van der Waals surface area contributed by atoms with E-state index in [0.717, 1.165) is 29.1 Å². The number of ether oxygens (including phenoxy) is 1. The molecule has 1 amide bonds. The van der Waals surface area contributed by atoms with Crippen molar-refractivity contribution >= 4 is 23.1 Å². The third kappa shape index (κ3) is 4.10. The Hall–Kier alpha value is -3.28. The van der Waals surface area contributed by atoms with Crippen molar-refractivity contribution in [2.75, 3.05) is 31.6 Å². The maximum Gasteiger partial charge on any atom is 0.295 e. The number of ketones is 1. The van der Waals surface area contributed by atoms with Gasteiger partial charge in [-0.3, -0.25) is 9.59 Å². The predicted molar refractivity (Wildman–Crippen MR) is 130 cm³/mol. The summed E-state index contributed by atoms with van der Waals surface area (Å²) in [5.41, 5.74) is 3.44. The molecule has 2 aromatic carbocycles. The van der Waals surface area contributed by atoms with E-state index in [9.17, 15) is 14.7 Å². The van der Waals surface area contributed by atoms with E-state index in [4.69, 9.17) is 4.74 Å². The summed E-state index contributed by atoms with van der Waals surface area (Å²) in [5, 5.41) is 11.3. The van der Waals surface area contributed by atoms with Gasteiger partial charge in [-0.15, -0.1) is 0 Å². The van der Waals surface area contributed by atoms with Gasteiger partial charge in [-0.1, -0.05) is 52.0 Å². The first-order valence-electron chi connectivity index (χ1n) is 11.5. The average Bonchev–Trinajstić information content (AvgIpc) is 3.03. The van der Waals surface area contributed by atoms with Crippen LogP contribution in [0.1, 0.15) is 56.8 Å². The lowest BCUT2D eigenvalue weighted by atomic mass is 9.85. The standard InChI is InChI=1S/C27H32N2O4/c1-6-13-29-23(17-7-10-19(11-8-17)27(2,3)4)22(25(31)26(29)32)24(30)18-9-12-21-20(16-18)28(5)14-15-33-21/h7-12,16,23,30H,6,13-15H2,1-5H3/b24-22-. The minimum absolute atomic E-state index is 0.0129. The molecule has 0 saturated carbocycles. The van der Waals surface area contributed by atoms with E-state index in [-0.39, 0.29) is 16.7 Å². The number of benzene rings is 2. The summed E-state index contributed by atoms with van der Waals surface area (Å²) in [4.78, 5) is 29.7. The molecule has 0 aliphatic carbocycles. The monoisotopic (exact) mass is 448 g/mol. The number of likely N-dealkylation sites (N-methyl/N-ethyl adjacent to an activating group) is 1. The molecule has 0 spiro atoms. The normalized spacial score (nSPS) is 20.1. The largest absolute Gasteiger partial charge is 0.507 e. The van der Waals surface area contributed by atoms with Gasteiger partial charge in [0, 0.05) is 19.2 Å². The van der Waals surface area contributed by atoms with Gasteiger partial charge in [-0.25, -0.2) is 0 Å². The van der Waals surface area contributed by atoms with E-state index in [1.54, 1.807) is 17.0 Å². The number of carbonyl (C=O) groups excluding carboxylic acids is 2. The molecule has 1 unspecified atom stereocenters. The number of carbonyl (C=O) groups is 2. The molecule has 33 heavy (non-hydrogen) atoms. The second-order valence-electron chi connectivity index (χ2n) is 9.82. The molecule has 0 aromatic heterocycles. The average molecular weight is 449 g/mol. The summed E-state index contributed by atoms with van der Waals surface area (Å²) in [7, 11) is 1.96. The Bertz CT molecular complexity index is 1110. The van der Waals surface area contributed by atoms with Crippen molar-refractivity contribution in [3.05, 3.63) is 64.7 Å². The van der Waals surface area contributed by atoms with Crippen molar-refractivity contribution in [1.82, 2.24) is 4.90 Å². The highest BCUT2D eigenvalue weighted by atomic mass is 16.5. The molecule has 0 bridgehead atoms. The molecule has 1 saturated heterocycles. The Morgan fingerprint density at radius 3 is 2.45 bits per heavy atom. The van der Waals surface area contributed by atoms with Crippen LogP contribution in [-0.2, 0) is 15.0 Å². The topological polar surface area (TPSA) is 70.1 Å². The molecular weight excluding hydrogens is 416 g/mol. The zero-order valence-electron chi connectivity index (χ0n) is 20.0. The van der Waals surface area contributed by atoms with E-state index in [1.165, 1.54) is 0 Å². The Balaban J connectivity index is 1.84. The molecule has 1 N–H and O–H groups in total. The van der Waals surface area contributed by atoms with Gasteiger partial charge in [0.1, 0.15) is 18.1 Å². The minimum Gasteiger partial charge on any atom is -0.507 e. The summed E-state index contributed by atoms with van der Waals surface area (Å²) in [6.07, 6.45) is 0.713. The number of likely N-dealkylation sites (tertiary alicyclic amines) is 1. The lowest BCUT2D eigenvalue weighted by Crippen LogP contribution is -2.30. The molecule has 2 aliphatic rings. The number of amides is 1. The van der Waals surface area contributed by atoms with Gasteiger partial charge in [0.15, 0.2) is 0 Å². The molecule has 2 heterocycles. The smallest absolute Gasteiger partial charge is 0.295 e. The van der Waals surface area contributed by atoms with Gasteiger partial charge in [0.2, 0.25) is 0 Å². The summed E-state index contributed by atoms with van der Waals surface area (Å²) in [6, 6.07) is 12.7. The molecule has 6 nitrogen and oxygen atoms in total. The van der Waals surface area contributed by atoms with Gasteiger partial charge in [0.25, 0.3) is 11.7 Å². The van der Waals surface area contributed by atoms with E-state index < -0.39 is 17.7 Å². The zero-order chi connectivity index (χ0) is 23.9. The number of hydrogen-bond donors (Lipinski definition) is 1. The number of anilines is 1. The highest BCUT2D eigenvalue weighted by molar-refractivity contribution is 6.46. The number of hydrogen-bond acceptors (Lipinski definition) is 5. The summed E-state index contributed by atoms with van der Waals surface area (Å²) in [5.74, 6) is -0.630. The Labute approximate surface area is 195 Å². The number of rotatable bonds is 4. The van der Waals surface area contributed by atoms with Crippen LogP contribution < -0.4 is 9.64 Å². The summed E-state index contributed by atoms with van der Waals surface area (Å²) >= 11 is 0. The molecule has 6 heteroatoms. The Morgan fingerprint density at radius 1 is 1.12 bits per heavy atom. The van der Waals surface area contributed by atoms with E-state index >= 15 is 0 Å². The third-order valence-corrected chi connectivity index (χ3v) is 6.42. The second kappa shape index (κ2) is 8.58. The first-order valence-corrected chi connectivity index (χ1v) is 11.5. The van der Waals surface area contributed by atoms with Crippen LogP contribution in [-0.4, -0.2) is 48.4 Å². The lowest BCUT2D eigenvalue weighted by molar-refractivity contribution is -0.139. The summed E-state index contributed by atoms with van der Waals surface area (Å²) < 4.78 is 5.70. The van der Waals surface area contributed by atoms with E-state index in [0.29, 0.717) is 25.1 Å². The van der Waals surface area contributed by atoms with Gasteiger partial charge in [-0.05, 0) is 41.2 Å². The summed E-state index contributed by atoms with van der Waals surface area (Å²) in [6.45, 7) is 10.2. The fraction of sp³-hybridized carbons (Fsp3) is 0.407.